The van der Waals surface area contributed by atoms with Gasteiger partial charge in [-0.1, -0.05) is 32.4 Å². The Kier molecular flexibility index (Phi) is 5.20. The van der Waals surface area contributed by atoms with Gasteiger partial charge in [0.2, 0.25) is 5.91 Å². The lowest BCUT2D eigenvalue weighted by molar-refractivity contribution is -0.114. The van der Waals surface area contributed by atoms with E-state index in [0.717, 1.165) is 5.56 Å². The number of nitrogens with one attached hydrogen (secondary N) is 1. The van der Waals surface area contributed by atoms with Crippen molar-refractivity contribution >= 4 is 23.2 Å². The summed E-state index contributed by atoms with van der Waals surface area (Å²) in [7, 11) is 1.53. The van der Waals surface area contributed by atoms with Crippen LogP contribution in [0.2, 0.25) is 5.02 Å². The Morgan fingerprint density at radius 3 is 2.47 bits per heavy atom. The predicted molar refractivity (Wildman–Crippen MR) is 77.0 cm³/mol. The Hall–Kier alpha value is -1.26. The molecule has 1 rings (SSSR count). The maximum absolute atomic E-state index is 11.3. The van der Waals surface area contributed by atoms with Gasteiger partial charge in [0.05, 0.1) is 5.69 Å². The zero-order chi connectivity index (χ0) is 14.6. The number of hydrogen-bond acceptors (Lipinski definition) is 3. The van der Waals surface area contributed by atoms with Crippen LogP contribution in [0.25, 0.3) is 0 Å². The van der Waals surface area contributed by atoms with E-state index >= 15 is 0 Å². The summed E-state index contributed by atoms with van der Waals surface area (Å²) in [5, 5.41) is 3.35. The van der Waals surface area contributed by atoms with Gasteiger partial charge in [0.15, 0.2) is 6.79 Å². The van der Waals surface area contributed by atoms with E-state index in [2.05, 4.69) is 26.1 Å². The van der Waals surface area contributed by atoms with Crippen LogP contribution in [0.15, 0.2) is 12.1 Å². The third-order valence-corrected chi connectivity index (χ3v) is 2.83. The first kappa shape index (κ1) is 15.8. The average Bonchev–Trinajstić information content (AvgIpc) is 2.26. The molecular weight excluding hydrogens is 266 g/mol. The molecule has 1 amide bonds. The van der Waals surface area contributed by atoms with Gasteiger partial charge in [0.25, 0.3) is 0 Å². The first-order chi connectivity index (χ1) is 8.75. The molecule has 106 valence electrons. The Bertz CT molecular complexity index is 466. The Balaban J connectivity index is 3.24. The van der Waals surface area contributed by atoms with E-state index in [4.69, 9.17) is 21.1 Å². The predicted octanol–water partition coefficient (Wildman–Crippen LogP) is 3.58. The van der Waals surface area contributed by atoms with Crippen LogP contribution in [0.3, 0.4) is 0 Å². The summed E-state index contributed by atoms with van der Waals surface area (Å²) in [4.78, 5) is 11.3. The molecule has 1 aromatic carbocycles. The Labute approximate surface area is 119 Å². The van der Waals surface area contributed by atoms with Gasteiger partial charge in [-0.25, -0.2) is 0 Å². The van der Waals surface area contributed by atoms with Crippen LogP contribution in [0.4, 0.5) is 5.69 Å². The van der Waals surface area contributed by atoms with Crippen molar-refractivity contribution in [3.05, 3.63) is 22.7 Å². The van der Waals surface area contributed by atoms with Crippen molar-refractivity contribution in [3.63, 3.8) is 0 Å². The quantitative estimate of drug-likeness (QED) is 0.860. The number of halogens is 1. The first-order valence-corrected chi connectivity index (χ1v) is 6.37. The second-order valence-electron chi connectivity index (χ2n) is 5.31. The SMILES string of the molecule is COCOc1cc(Cl)c(C(C)(C)C)cc1NC(C)=O. The fraction of sp³-hybridized carbons (Fsp3) is 0.500. The highest BCUT2D eigenvalue weighted by Crippen LogP contribution is 2.37. The van der Waals surface area contributed by atoms with E-state index in [-0.39, 0.29) is 18.1 Å². The number of carbonyl (C=O) groups excluding carboxylic acids is 1. The van der Waals surface area contributed by atoms with Crippen molar-refractivity contribution in [2.45, 2.75) is 33.1 Å². The maximum Gasteiger partial charge on any atom is 0.221 e. The second-order valence-corrected chi connectivity index (χ2v) is 5.72. The van der Waals surface area contributed by atoms with E-state index in [1.807, 2.05) is 6.07 Å². The van der Waals surface area contributed by atoms with Gasteiger partial charge in [0, 0.05) is 25.1 Å². The molecular formula is C14H20ClNO3. The minimum Gasteiger partial charge on any atom is -0.465 e. The summed E-state index contributed by atoms with van der Waals surface area (Å²) >= 11 is 6.27. The first-order valence-electron chi connectivity index (χ1n) is 5.99. The lowest BCUT2D eigenvalue weighted by atomic mass is 9.86. The van der Waals surface area contributed by atoms with Crippen LogP contribution in [-0.4, -0.2) is 19.8 Å². The van der Waals surface area contributed by atoms with Crippen molar-refractivity contribution in [1.29, 1.82) is 0 Å². The van der Waals surface area contributed by atoms with Crippen LogP contribution in [0, 0.1) is 0 Å². The summed E-state index contributed by atoms with van der Waals surface area (Å²) in [6.07, 6.45) is 0. The van der Waals surface area contributed by atoms with Gasteiger partial charge in [-0.15, -0.1) is 0 Å². The van der Waals surface area contributed by atoms with Gasteiger partial charge in [0.1, 0.15) is 5.75 Å². The topological polar surface area (TPSA) is 47.6 Å². The lowest BCUT2D eigenvalue weighted by Crippen LogP contribution is -2.15. The van der Waals surface area contributed by atoms with Gasteiger partial charge < -0.3 is 14.8 Å². The summed E-state index contributed by atoms with van der Waals surface area (Å²) in [5.74, 6) is 0.333. The minimum atomic E-state index is -0.163. The van der Waals surface area contributed by atoms with E-state index in [1.54, 1.807) is 6.07 Å². The molecule has 0 aromatic heterocycles. The molecule has 1 N–H and O–H groups in total. The van der Waals surface area contributed by atoms with Gasteiger partial charge >= 0.3 is 0 Å². The molecule has 0 bridgehead atoms. The molecule has 0 saturated heterocycles. The highest BCUT2D eigenvalue weighted by molar-refractivity contribution is 6.31. The summed E-state index contributed by atoms with van der Waals surface area (Å²) < 4.78 is 10.3. The molecule has 0 atom stereocenters. The largest absolute Gasteiger partial charge is 0.465 e. The van der Waals surface area contributed by atoms with E-state index in [1.165, 1.54) is 14.0 Å². The number of rotatable bonds is 4. The molecule has 0 aliphatic carbocycles. The molecule has 0 saturated carbocycles. The number of ether oxygens (including phenoxy) is 2. The standard InChI is InChI=1S/C14H20ClNO3/c1-9(17)16-12-6-10(14(2,3)4)11(15)7-13(12)19-8-18-5/h6-7H,8H2,1-5H3,(H,16,17). The molecule has 0 heterocycles. The number of methoxy groups -OCH3 is 1. The molecule has 4 nitrogen and oxygen atoms in total. The summed E-state index contributed by atoms with van der Waals surface area (Å²) in [6, 6.07) is 3.54. The number of anilines is 1. The van der Waals surface area contributed by atoms with Crippen molar-refractivity contribution in [1.82, 2.24) is 0 Å². The Morgan fingerprint density at radius 1 is 1.37 bits per heavy atom. The number of amides is 1. The second kappa shape index (κ2) is 6.26. The highest BCUT2D eigenvalue weighted by Gasteiger charge is 2.20. The zero-order valence-corrected chi connectivity index (χ0v) is 12.7. The van der Waals surface area contributed by atoms with Gasteiger partial charge in [-0.3, -0.25) is 4.79 Å². The number of carbonyl (C=O) groups is 1. The van der Waals surface area contributed by atoms with Crippen LogP contribution < -0.4 is 10.1 Å². The highest BCUT2D eigenvalue weighted by atomic mass is 35.5. The Morgan fingerprint density at radius 2 is 2.00 bits per heavy atom. The lowest BCUT2D eigenvalue weighted by Gasteiger charge is -2.23. The third kappa shape index (κ3) is 4.40. The number of benzene rings is 1. The molecule has 0 fully saturated rings. The van der Waals surface area contributed by atoms with Crippen molar-refractivity contribution in [2.75, 3.05) is 19.2 Å². The van der Waals surface area contributed by atoms with E-state index < -0.39 is 0 Å². The third-order valence-electron chi connectivity index (χ3n) is 2.52. The van der Waals surface area contributed by atoms with Gasteiger partial charge in [-0.2, -0.15) is 0 Å². The monoisotopic (exact) mass is 285 g/mol. The fourth-order valence-electron chi connectivity index (χ4n) is 1.66. The molecule has 0 unspecified atom stereocenters. The zero-order valence-electron chi connectivity index (χ0n) is 12.0. The van der Waals surface area contributed by atoms with Crippen LogP contribution in [0.1, 0.15) is 33.3 Å². The van der Waals surface area contributed by atoms with E-state index in [9.17, 15) is 4.79 Å². The van der Waals surface area contributed by atoms with Gasteiger partial charge in [-0.05, 0) is 17.0 Å². The molecule has 5 heteroatoms. The van der Waals surface area contributed by atoms with Crippen LogP contribution in [-0.2, 0) is 14.9 Å². The fourth-order valence-corrected chi connectivity index (χ4v) is 2.10. The molecule has 0 spiro atoms. The molecule has 0 radical (unpaired) electrons. The average molecular weight is 286 g/mol. The molecule has 0 aliphatic heterocycles. The summed E-state index contributed by atoms with van der Waals surface area (Å²) in [6.45, 7) is 7.72. The number of hydrogen-bond donors (Lipinski definition) is 1. The molecule has 1 aromatic rings. The van der Waals surface area contributed by atoms with E-state index in [0.29, 0.717) is 16.5 Å². The minimum absolute atomic E-state index is 0.0950. The van der Waals surface area contributed by atoms with Crippen LogP contribution >= 0.6 is 11.6 Å². The summed E-state index contributed by atoms with van der Waals surface area (Å²) in [5.41, 5.74) is 1.42. The molecule has 19 heavy (non-hydrogen) atoms. The van der Waals surface area contributed by atoms with Crippen molar-refractivity contribution in [2.24, 2.45) is 0 Å². The molecule has 0 aliphatic rings. The van der Waals surface area contributed by atoms with Crippen molar-refractivity contribution < 1.29 is 14.3 Å². The maximum atomic E-state index is 11.3. The van der Waals surface area contributed by atoms with Crippen LogP contribution in [0.5, 0.6) is 5.75 Å². The smallest absolute Gasteiger partial charge is 0.221 e. The van der Waals surface area contributed by atoms with Crippen molar-refractivity contribution in [3.8, 4) is 5.75 Å². The normalized spacial score (nSPS) is 11.3.